The molecule has 12 heteroatoms. The molecule has 0 bridgehead atoms. The number of nitrogens with one attached hydrogen (secondary N) is 2. The molecule has 2 saturated heterocycles. The maximum Gasteiger partial charge on any atom is 0.307 e. The van der Waals surface area contributed by atoms with E-state index in [1.807, 2.05) is 59.4 Å². The van der Waals surface area contributed by atoms with Crippen LogP contribution in [-0.4, -0.2) is 71.6 Å². The average molecular weight is 743 g/mol. The molecule has 3 N–H and O–H groups in total. The standard InChI is InChI=1S/C40H41Cl2N5O5/c1-51-36-16-24(9-10-25(36)18-43-19-29-11-12-38(48)45-29)30-5-3-7-32(39(30)42)31-6-4-8-35-33(31)20-44-47(35)23-27-17-37(52-2)28(15-34(27)41)22-46-14-13-26(21-46)40(49)50/h3-10,15-17,20,26,29,43H,11-14,18-19,21-23H2,1-2H3,(H,45,48)(H,49,50)/t26-,29+/m1/s1. The van der Waals surface area contributed by atoms with Crippen LogP contribution in [0.15, 0.2) is 72.9 Å². The molecule has 2 aliphatic heterocycles. The van der Waals surface area contributed by atoms with Gasteiger partial charge in [0.05, 0.1) is 43.4 Å². The van der Waals surface area contributed by atoms with Crippen molar-refractivity contribution in [3.8, 4) is 33.8 Å². The minimum atomic E-state index is -0.753. The quantitative estimate of drug-likeness (QED) is 0.118. The summed E-state index contributed by atoms with van der Waals surface area (Å²) < 4.78 is 13.5. The highest BCUT2D eigenvalue weighted by atomic mass is 35.5. The molecule has 0 radical (unpaired) electrons. The molecule has 0 spiro atoms. The second-order valence-corrected chi connectivity index (χ2v) is 14.3. The molecule has 2 atom stereocenters. The second kappa shape index (κ2) is 15.6. The smallest absolute Gasteiger partial charge is 0.307 e. The van der Waals surface area contributed by atoms with Crippen molar-refractivity contribution >= 4 is 46.0 Å². The van der Waals surface area contributed by atoms with Crippen molar-refractivity contribution in [2.24, 2.45) is 5.92 Å². The zero-order valence-electron chi connectivity index (χ0n) is 29.1. The Morgan fingerprint density at radius 3 is 2.46 bits per heavy atom. The molecular formula is C40H41Cl2N5O5. The number of rotatable bonds is 13. The lowest BCUT2D eigenvalue weighted by Gasteiger charge is -2.19. The van der Waals surface area contributed by atoms with Crippen LogP contribution in [-0.2, 0) is 29.2 Å². The number of hydrogen-bond acceptors (Lipinski definition) is 7. The maximum absolute atomic E-state index is 11.5. The monoisotopic (exact) mass is 741 g/mol. The molecule has 1 amide bonds. The Balaban J connectivity index is 1.11. The van der Waals surface area contributed by atoms with Crippen molar-refractivity contribution in [2.75, 3.05) is 33.9 Å². The van der Waals surface area contributed by atoms with Gasteiger partial charge in [0, 0.05) is 71.3 Å². The summed E-state index contributed by atoms with van der Waals surface area (Å²) in [6, 6.07) is 22.3. The highest BCUT2D eigenvalue weighted by molar-refractivity contribution is 6.36. The van der Waals surface area contributed by atoms with Gasteiger partial charge in [0.15, 0.2) is 0 Å². The van der Waals surface area contributed by atoms with Gasteiger partial charge in [0.2, 0.25) is 5.91 Å². The number of hydrogen-bond donors (Lipinski definition) is 3. The van der Waals surface area contributed by atoms with Crippen molar-refractivity contribution in [3.63, 3.8) is 0 Å². The molecule has 4 aromatic carbocycles. The number of aliphatic carboxylic acids is 1. The summed E-state index contributed by atoms with van der Waals surface area (Å²) in [7, 11) is 3.30. The lowest BCUT2D eigenvalue weighted by molar-refractivity contribution is -0.141. The van der Waals surface area contributed by atoms with Crippen LogP contribution in [0, 0.1) is 5.92 Å². The third kappa shape index (κ3) is 7.47. The Morgan fingerprint density at radius 2 is 1.71 bits per heavy atom. The van der Waals surface area contributed by atoms with E-state index in [0.717, 1.165) is 68.6 Å². The molecule has 0 saturated carbocycles. The first kappa shape index (κ1) is 35.8. The third-order valence-corrected chi connectivity index (χ3v) is 10.9. The minimum Gasteiger partial charge on any atom is -0.496 e. The summed E-state index contributed by atoms with van der Waals surface area (Å²) in [6.45, 7) is 3.54. The van der Waals surface area contributed by atoms with E-state index in [0.29, 0.717) is 61.4 Å². The predicted octanol–water partition coefficient (Wildman–Crippen LogP) is 7.02. The third-order valence-electron chi connectivity index (χ3n) is 10.2. The van der Waals surface area contributed by atoms with Crippen molar-refractivity contribution < 1.29 is 24.2 Å². The molecular weight excluding hydrogens is 701 g/mol. The first-order valence-corrected chi connectivity index (χ1v) is 18.2. The number of aromatic nitrogens is 2. The van der Waals surface area contributed by atoms with Gasteiger partial charge in [-0.3, -0.25) is 19.2 Å². The Hall–Kier alpha value is -4.61. The molecule has 10 nitrogen and oxygen atoms in total. The molecule has 5 aromatic rings. The number of carbonyl (C=O) groups excluding carboxylic acids is 1. The normalized spacial score (nSPS) is 17.5. The Labute approximate surface area is 312 Å². The molecule has 0 unspecified atom stereocenters. The van der Waals surface area contributed by atoms with E-state index in [1.54, 1.807) is 14.2 Å². The Bertz CT molecular complexity index is 2140. The van der Waals surface area contributed by atoms with Crippen LogP contribution < -0.4 is 20.1 Å². The van der Waals surface area contributed by atoms with E-state index in [4.69, 9.17) is 37.8 Å². The molecule has 1 aromatic heterocycles. The fourth-order valence-corrected chi connectivity index (χ4v) is 7.93. The molecule has 2 aliphatic rings. The van der Waals surface area contributed by atoms with Crippen LogP contribution in [0.4, 0.5) is 0 Å². The van der Waals surface area contributed by atoms with Gasteiger partial charge < -0.3 is 25.2 Å². The van der Waals surface area contributed by atoms with E-state index in [-0.39, 0.29) is 17.9 Å². The van der Waals surface area contributed by atoms with E-state index < -0.39 is 5.97 Å². The number of fused-ring (bicyclic) bond motifs is 1. The van der Waals surface area contributed by atoms with E-state index >= 15 is 0 Å². The van der Waals surface area contributed by atoms with Gasteiger partial charge in [-0.25, -0.2) is 0 Å². The number of likely N-dealkylation sites (tertiary alicyclic amines) is 1. The molecule has 0 aliphatic carbocycles. The lowest BCUT2D eigenvalue weighted by Crippen LogP contribution is -2.35. The van der Waals surface area contributed by atoms with Gasteiger partial charge in [-0.15, -0.1) is 0 Å². The largest absolute Gasteiger partial charge is 0.496 e. The number of carboxylic acid groups (broad SMARTS) is 1. The summed E-state index contributed by atoms with van der Waals surface area (Å²) in [5, 5.41) is 22.8. The van der Waals surface area contributed by atoms with E-state index in [9.17, 15) is 14.7 Å². The predicted molar refractivity (Wildman–Crippen MR) is 203 cm³/mol. The summed E-state index contributed by atoms with van der Waals surface area (Å²) in [4.78, 5) is 25.1. The fraction of sp³-hybridized carbons (Fsp3) is 0.325. The molecule has 7 rings (SSSR count). The van der Waals surface area contributed by atoms with Crippen LogP contribution in [0.3, 0.4) is 0 Å². The van der Waals surface area contributed by atoms with Crippen LogP contribution in [0.25, 0.3) is 33.2 Å². The first-order valence-electron chi connectivity index (χ1n) is 17.4. The second-order valence-electron chi connectivity index (χ2n) is 13.5. The highest BCUT2D eigenvalue weighted by Gasteiger charge is 2.29. The molecule has 52 heavy (non-hydrogen) atoms. The topological polar surface area (TPSA) is 118 Å². The number of amides is 1. The minimum absolute atomic E-state index is 0.111. The lowest BCUT2D eigenvalue weighted by atomic mass is 9.96. The fourth-order valence-electron chi connectivity index (χ4n) is 7.35. The highest BCUT2D eigenvalue weighted by Crippen LogP contribution is 2.41. The van der Waals surface area contributed by atoms with Crippen molar-refractivity contribution in [1.29, 1.82) is 0 Å². The van der Waals surface area contributed by atoms with Crippen LogP contribution in [0.2, 0.25) is 10.0 Å². The number of halogens is 2. The van der Waals surface area contributed by atoms with Gasteiger partial charge in [-0.05, 0) is 60.3 Å². The van der Waals surface area contributed by atoms with Crippen LogP contribution in [0.1, 0.15) is 36.0 Å². The Kier molecular flexibility index (Phi) is 10.7. The number of ether oxygens (including phenoxy) is 2. The number of methoxy groups -OCH3 is 2. The number of nitrogens with zero attached hydrogens (tertiary/aromatic N) is 3. The van der Waals surface area contributed by atoms with E-state index in [1.165, 1.54) is 0 Å². The zero-order chi connectivity index (χ0) is 36.4. The maximum atomic E-state index is 11.5. The number of carbonyl (C=O) groups is 2. The van der Waals surface area contributed by atoms with Crippen molar-refractivity contribution in [1.82, 2.24) is 25.3 Å². The van der Waals surface area contributed by atoms with Crippen molar-refractivity contribution in [3.05, 3.63) is 99.7 Å². The van der Waals surface area contributed by atoms with Gasteiger partial charge in [-0.1, -0.05) is 65.7 Å². The number of carboxylic acids is 1. The molecule has 270 valence electrons. The average Bonchev–Trinajstić information content (AvgIpc) is 3.90. The van der Waals surface area contributed by atoms with Crippen LogP contribution in [0.5, 0.6) is 11.5 Å². The number of benzene rings is 4. The Morgan fingerprint density at radius 1 is 0.942 bits per heavy atom. The molecule has 2 fully saturated rings. The van der Waals surface area contributed by atoms with Gasteiger partial charge >= 0.3 is 5.97 Å². The van der Waals surface area contributed by atoms with Gasteiger partial charge in [-0.2, -0.15) is 5.10 Å². The van der Waals surface area contributed by atoms with Crippen molar-refractivity contribution in [2.45, 2.75) is 44.9 Å². The first-order chi connectivity index (χ1) is 25.2. The van der Waals surface area contributed by atoms with Gasteiger partial charge in [0.25, 0.3) is 0 Å². The van der Waals surface area contributed by atoms with Gasteiger partial charge in [0.1, 0.15) is 11.5 Å². The van der Waals surface area contributed by atoms with Crippen LogP contribution >= 0.6 is 23.2 Å². The summed E-state index contributed by atoms with van der Waals surface area (Å²) >= 11 is 14.0. The summed E-state index contributed by atoms with van der Waals surface area (Å²) in [5.74, 6) is 0.477. The molecule has 3 heterocycles. The van der Waals surface area contributed by atoms with E-state index in [2.05, 4.69) is 33.7 Å². The summed E-state index contributed by atoms with van der Waals surface area (Å²) in [6.07, 6.45) is 3.93. The SMILES string of the molecule is COc1cc(-c2cccc(-c3cccc4c3cnn4Cc3cc(OC)c(CN4CC[C@@H](C(=O)O)C4)cc3Cl)c2Cl)ccc1CNC[C@@H]1CCC(=O)N1. The summed E-state index contributed by atoms with van der Waals surface area (Å²) in [5.41, 5.74) is 7.43. The zero-order valence-corrected chi connectivity index (χ0v) is 30.6.